The lowest BCUT2D eigenvalue weighted by atomic mass is 10.1. The number of hydrogen-bond acceptors (Lipinski definition) is 5. The molecule has 7 heteroatoms. The van der Waals surface area contributed by atoms with Crippen LogP contribution in [0.25, 0.3) is 4.96 Å². The van der Waals surface area contributed by atoms with Crippen LogP contribution in [0.3, 0.4) is 0 Å². The maximum absolute atomic E-state index is 12.0. The maximum atomic E-state index is 12.0. The van der Waals surface area contributed by atoms with Gasteiger partial charge in [-0.25, -0.2) is 0 Å². The Labute approximate surface area is 144 Å². The summed E-state index contributed by atoms with van der Waals surface area (Å²) in [5, 5.41) is 16.7. The summed E-state index contributed by atoms with van der Waals surface area (Å²) in [5.74, 6) is 1.19. The molecule has 2 aromatic heterocycles. The van der Waals surface area contributed by atoms with E-state index in [1.165, 1.54) is 16.9 Å². The van der Waals surface area contributed by atoms with E-state index in [0.717, 1.165) is 22.2 Å². The third-order valence-corrected chi connectivity index (χ3v) is 4.68. The van der Waals surface area contributed by atoms with E-state index in [1.54, 1.807) is 4.52 Å². The molecule has 1 N–H and O–H groups in total. The van der Waals surface area contributed by atoms with Crippen LogP contribution in [0.1, 0.15) is 42.6 Å². The topological polar surface area (TPSA) is 72.2 Å². The van der Waals surface area contributed by atoms with Crippen LogP contribution < -0.4 is 5.32 Å². The first-order valence-electron chi connectivity index (χ1n) is 8.15. The number of carbonyl (C=O) groups is 1. The van der Waals surface area contributed by atoms with Crippen molar-refractivity contribution in [2.24, 2.45) is 0 Å². The predicted molar refractivity (Wildman–Crippen MR) is 94.2 cm³/mol. The second kappa shape index (κ2) is 7.53. The van der Waals surface area contributed by atoms with Crippen molar-refractivity contribution in [2.75, 3.05) is 6.54 Å². The van der Waals surface area contributed by atoms with E-state index in [9.17, 15) is 4.79 Å². The molecule has 3 aromatic rings. The summed E-state index contributed by atoms with van der Waals surface area (Å²) in [4.78, 5) is 12.8. The summed E-state index contributed by atoms with van der Waals surface area (Å²) in [5.41, 5.74) is 1.23. The zero-order valence-corrected chi connectivity index (χ0v) is 14.7. The molecule has 0 aliphatic heterocycles. The normalized spacial score (nSPS) is 11.3. The minimum Gasteiger partial charge on any atom is -0.356 e. The smallest absolute Gasteiger partial charge is 0.234 e. The van der Waals surface area contributed by atoms with Gasteiger partial charge in [-0.3, -0.25) is 4.79 Å². The van der Waals surface area contributed by atoms with Gasteiger partial charge in [-0.15, -0.1) is 10.2 Å². The molecule has 0 aliphatic carbocycles. The van der Waals surface area contributed by atoms with Crippen molar-refractivity contribution in [1.29, 1.82) is 0 Å². The minimum atomic E-state index is 0.0565. The first-order valence-corrected chi connectivity index (χ1v) is 8.97. The Kier molecular flexibility index (Phi) is 5.20. The summed E-state index contributed by atoms with van der Waals surface area (Å²) in [6.07, 6.45) is 1.92. The van der Waals surface area contributed by atoms with E-state index in [2.05, 4.69) is 46.6 Å². The number of fused-ring (bicyclic) bond motifs is 1. The Morgan fingerprint density at radius 3 is 2.75 bits per heavy atom. The SMILES string of the molecule is CC(C)c1nnc2sc(CCC(=O)NCCc3ccccc3)nn12. The van der Waals surface area contributed by atoms with Gasteiger partial charge in [-0.05, 0) is 12.0 Å². The van der Waals surface area contributed by atoms with Gasteiger partial charge in [0, 0.05) is 25.3 Å². The summed E-state index contributed by atoms with van der Waals surface area (Å²) >= 11 is 1.50. The molecule has 3 rings (SSSR count). The number of carbonyl (C=O) groups excluding carboxylic acids is 1. The standard InChI is InChI=1S/C17H21N5OS/c1-12(2)16-19-20-17-22(16)21-15(24-17)9-8-14(23)18-11-10-13-6-4-3-5-7-13/h3-7,12H,8-11H2,1-2H3,(H,18,23). The Morgan fingerprint density at radius 1 is 1.21 bits per heavy atom. The molecule has 0 aliphatic rings. The van der Waals surface area contributed by atoms with Crippen molar-refractivity contribution < 1.29 is 4.79 Å². The third kappa shape index (κ3) is 3.97. The number of rotatable bonds is 7. The molecule has 0 spiro atoms. The Morgan fingerprint density at radius 2 is 2.00 bits per heavy atom. The van der Waals surface area contributed by atoms with Gasteiger partial charge in [0.1, 0.15) is 5.01 Å². The van der Waals surface area contributed by atoms with Crippen LogP contribution in [-0.4, -0.2) is 32.3 Å². The summed E-state index contributed by atoms with van der Waals surface area (Å²) < 4.78 is 1.79. The molecule has 1 amide bonds. The molecule has 2 heterocycles. The molecule has 0 fully saturated rings. The van der Waals surface area contributed by atoms with Crippen LogP contribution in [0.15, 0.2) is 30.3 Å². The molecule has 0 radical (unpaired) electrons. The fourth-order valence-electron chi connectivity index (χ4n) is 2.43. The molecule has 0 saturated heterocycles. The number of benzene rings is 1. The van der Waals surface area contributed by atoms with E-state index < -0.39 is 0 Å². The van der Waals surface area contributed by atoms with Gasteiger partial charge in [0.05, 0.1) is 0 Å². The number of aromatic nitrogens is 4. The molecule has 1 aromatic carbocycles. The first-order chi connectivity index (χ1) is 11.6. The first kappa shape index (κ1) is 16.6. The monoisotopic (exact) mass is 343 g/mol. The van der Waals surface area contributed by atoms with Crippen molar-refractivity contribution in [3.05, 3.63) is 46.7 Å². The second-order valence-corrected chi connectivity index (χ2v) is 7.03. The largest absolute Gasteiger partial charge is 0.356 e. The lowest BCUT2D eigenvalue weighted by molar-refractivity contribution is -0.121. The number of nitrogens with zero attached hydrogens (tertiary/aromatic N) is 4. The van der Waals surface area contributed by atoms with Gasteiger partial charge < -0.3 is 5.32 Å². The fraction of sp³-hybridized carbons (Fsp3) is 0.412. The molecule has 0 saturated carbocycles. The average molecular weight is 343 g/mol. The van der Waals surface area contributed by atoms with Crippen LogP contribution >= 0.6 is 11.3 Å². The lowest BCUT2D eigenvalue weighted by Gasteiger charge is -2.04. The van der Waals surface area contributed by atoms with Crippen LogP contribution in [0.5, 0.6) is 0 Å². The lowest BCUT2D eigenvalue weighted by Crippen LogP contribution is -2.25. The highest BCUT2D eigenvalue weighted by Gasteiger charge is 2.14. The summed E-state index contributed by atoms with van der Waals surface area (Å²) in [6.45, 7) is 4.79. The van der Waals surface area contributed by atoms with Crippen molar-refractivity contribution in [3.8, 4) is 0 Å². The molecule has 6 nitrogen and oxygen atoms in total. The highest BCUT2D eigenvalue weighted by Crippen LogP contribution is 2.19. The van der Waals surface area contributed by atoms with Crippen LogP contribution in [-0.2, 0) is 17.6 Å². The van der Waals surface area contributed by atoms with E-state index >= 15 is 0 Å². The molecular formula is C17H21N5OS. The quantitative estimate of drug-likeness (QED) is 0.716. The van der Waals surface area contributed by atoms with Crippen LogP contribution in [0, 0.1) is 0 Å². The molecule has 0 bridgehead atoms. The number of aryl methyl sites for hydroxylation is 1. The number of amides is 1. The van der Waals surface area contributed by atoms with Gasteiger partial charge in [0.2, 0.25) is 10.9 Å². The molecule has 0 atom stereocenters. The van der Waals surface area contributed by atoms with E-state index in [1.807, 2.05) is 18.2 Å². The van der Waals surface area contributed by atoms with Gasteiger partial charge in [-0.2, -0.15) is 9.61 Å². The van der Waals surface area contributed by atoms with Gasteiger partial charge in [-0.1, -0.05) is 55.5 Å². The van der Waals surface area contributed by atoms with Crippen molar-refractivity contribution in [3.63, 3.8) is 0 Å². The van der Waals surface area contributed by atoms with Gasteiger partial charge >= 0.3 is 0 Å². The fourth-order valence-corrected chi connectivity index (χ4v) is 3.27. The number of nitrogens with one attached hydrogen (secondary N) is 1. The number of hydrogen-bond donors (Lipinski definition) is 1. The second-order valence-electron chi connectivity index (χ2n) is 5.99. The third-order valence-electron chi connectivity index (χ3n) is 3.72. The van der Waals surface area contributed by atoms with E-state index in [0.29, 0.717) is 19.4 Å². The van der Waals surface area contributed by atoms with Crippen LogP contribution in [0.2, 0.25) is 0 Å². The Bertz CT molecular complexity index is 809. The molecule has 24 heavy (non-hydrogen) atoms. The van der Waals surface area contributed by atoms with Gasteiger partial charge in [0.15, 0.2) is 5.82 Å². The highest BCUT2D eigenvalue weighted by molar-refractivity contribution is 7.16. The van der Waals surface area contributed by atoms with E-state index in [4.69, 9.17) is 0 Å². The van der Waals surface area contributed by atoms with Crippen LogP contribution in [0.4, 0.5) is 0 Å². The Balaban J connectivity index is 1.47. The van der Waals surface area contributed by atoms with E-state index in [-0.39, 0.29) is 11.8 Å². The Hall–Kier alpha value is -2.28. The zero-order valence-electron chi connectivity index (χ0n) is 13.9. The zero-order chi connectivity index (χ0) is 16.9. The highest BCUT2D eigenvalue weighted by atomic mass is 32.1. The van der Waals surface area contributed by atoms with Gasteiger partial charge in [0.25, 0.3) is 0 Å². The molecular weight excluding hydrogens is 322 g/mol. The van der Waals surface area contributed by atoms with Crippen molar-refractivity contribution in [2.45, 2.75) is 39.0 Å². The summed E-state index contributed by atoms with van der Waals surface area (Å²) in [6, 6.07) is 10.1. The molecule has 0 unspecified atom stereocenters. The van der Waals surface area contributed by atoms with Crippen molar-refractivity contribution >= 4 is 22.2 Å². The van der Waals surface area contributed by atoms with Crippen molar-refractivity contribution in [1.82, 2.24) is 25.1 Å². The summed E-state index contributed by atoms with van der Waals surface area (Å²) in [7, 11) is 0. The maximum Gasteiger partial charge on any atom is 0.234 e. The minimum absolute atomic E-state index is 0.0565. The predicted octanol–water partition coefficient (Wildman–Crippen LogP) is 2.60. The molecule has 126 valence electrons. The average Bonchev–Trinajstić information content (AvgIpc) is 3.13.